The fourth-order valence-electron chi connectivity index (χ4n) is 1.65. The molecule has 0 unspecified atom stereocenters. The molecule has 15 heavy (non-hydrogen) atoms. The molecular formula is C10H11Cl2FN2. The van der Waals surface area contributed by atoms with Crippen molar-refractivity contribution in [2.24, 2.45) is 5.73 Å². The van der Waals surface area contributed by atoms with E-state index in [0.717, 1.165) is 18.5 Å². The molecule has 0 spiro atoms. The Morgan fingerprint density at radius 3 is 2.27 bits per heavy atom. The zero-order valence-electron chi connectivity index (χ0n) is 7.93. The lowest BCUT2D eigenvalue weighted by molar-refractivity contribution is 0.373. The number of benzene rings is 1. The highest BCUT2D eigenvalue weighted by atomic mass is 35.5. The number of hydrogen-bond donors (Lipinski definition) is 2. The molecule has 2 rings (SSSR count). The van der Waals surface area contributed by atoms with Crippen LogP contribution in [-0.4, -0.2) is 12.1 Å². The summed E-state index contributed by atoms with van der Waals surface area (Å²) < 4.78 is 13.1. The molecule has 1 aliphatic carbocycles. The van der Waals surface area contributed by atoms with Gasteiger partial charge in [-0.05, 0) is 25.0 Å². The van der Waals surface area contributed by atoms with E-state index < -0.39 is 5.82 Å². The van der Waals surface area contributed by atoms with Crippen LogP contribution in [0.2, 0.25) is 10.0 Å². The fourth-order valence-corrected chi connectivity index (χ4v) is 2.14. The molecule has 82 valence electrons. The fraction of sp³-hybridized carbons (Fsp3) is 0.400. The van der Waals surface area contributed by atoms with Crippen LogP contribution in [0, 0.1) is 5.82 Å². The van der Waals surface area contributed by atoms with E-state index >= 15 is 0 Å². The summed E-state index contributed by atoms with van der Waals surface area (Å²) in [5.41, 5.74) is 6.39. The predicted octanol–water partition coefficient (Wildman–Crippen LogP) is 3.03. The first-order valence-corrected chi connectivity index (χ1v) is 5.48. The molecule has 2 nitrogen and oxygen atoms in total. The summed E-state index contributed by atoms with van der Waals surface area (Å²) in [6, 6.07) is 3.69. The summed E-state index contributed by atoms with van der Waals surface area (Å²) in [5, 5.41) is 3.27. The van der Waals surface area contributed by atoms with E-state index in [4.69, 9.17) is 28.9 Å². The molecule has 3 N–H and O–H groups in total. The third-order valence-electron chi connectivity index (χ3n) is 2.53. The van der Waals surface area contributed by atoms with Gasteiger partial charge in [-0.15, -0.1) is 0 Å². The summed E-state index contributed by atoms with van der Waals surface area (Å²) in [4.78, 5) is 0. The molecule has 1 saturated carbocycles. The Bertz CT molecular complexity index is 355. The Labute approximate surface area is 97.5 Å². The maximum absolute atomic E-state index is 13.1. The average molecular weight is 249 g/mol. The van der Waals surface area contributed by atoms with Gasteiger partial charge in [0.1, 0.15) is 0 Å². The minimum atomic E-state index is -0.575. The zero-order valence-corrected chi connectivity index (χ0v) is 9.45. The van der Waals surface area contributed by atoms with Crippen LogP contribution in [0.4, 0.5) is 10.1 Å². The van der Waals surface area contributed by atoms with E-state index in [2.05, 4.69) is 5.32 Å². The van der Waals surface area contributed by atoms with Crippen molar-refractivity contribution in [2.75, 3.05) is 5.32 Å². The first-order valence-electron chi connectivity index (χ1n) is 4.73. The van der Waals surface area contributed by atoms with Crippen molar-refractivity contribution in [2.45, 2.75) is 24.9 Å². The molecule has 0 saturated heterocycles. The van der Waals surface area contributed by atoms with Crippen LogP contribution in [0.25, 0.3) is 0 Å². The van der Waals surface area contributed by atoms with Gasteiger partial charge >= 0.3 is 0 Å². The molecule has 0 heterocycles. The average Bonchev–Trinajstić information content (AvgIpc) is 2.11. The predicted molar refractivity (Wildman–Crippen MR) is 61.0 cm³/mol. The second kappa shape index (κ2) is 4.16. The summed E-state index contributed by atoms with van der Waals surface area (Å²) in [6.07, 6.45) is 1.85. The highest BCUT2D eigenvalue weighted by Gasteiger charge is 2.25. The Kier molecular flexibility index (Phi) is 3.05. The van der Waals surface area contributed by atoms with Crippen LogP contribution in [-0.2, 0) is 0 Å². The van der Waals surface area contributed by atoms with E-state index in [1.54, 1.807) is 0 Å². The summed E-state index contributed by atoms with van der Waals surface area (Å²) >= 11 is 11.3. The Morgan fingerprint density at radius 1 is 1.27 bits per heavy atom. The van der Waals surface area contributed by atoms with E-state index in [1.165, 1.54) is 12.1 Å². The molecular weight excluding hydrogens is 238 g/mol. The van der Waals surface area contributed by atoms with Crippen molar-refractivity contribution in [1.29, 1.82) is 0 Å². The van der Waals surface area contributed by atoms with Crippen molar-refractivity contribution in [3.63, 3.8) is 0 Å². The number of hydrogen-bond acceptors (Lipinski definition) is 2. The first-order chi connectivity index (χ1) is 7.06. The van der Waals surface area contributed by atoms with Gasteiger partial charge < -0.3 is 11.1 Å². The quantitative estimate of drug-likeness (QED) is 0.790. The van der Waals surface area contributed by atoms with Gasteiger partial charge in [-0.3, -0.25) is 0 Å². The highest BCUT2D eigenvalue weighted by molar-refractivity contribution is 6.35. The van der Waals surface area contributed by atoms with E-state index in [9.17, 15) is 4.39 Å². The normalized spacial score (nSPS) is 24.8. The van der Waals surface area contributed by atoms with Crippen LogP contribution in [0.3, 0.4) is 0 Å². The van der Waals surface area contributed by atoms with Gasteiger partial charge in [0.15, 0.2) is 5.82 Å². The van der Waals surface area contributed by atoms with Crippen LogP contribution in [0.5, 0.6) is 0 Å². The maximum Gasteiger partial charge on any atom is 0.160 e. The van der Waals surface area contributed by atoms with Gasteiger partial charge in [0, 0.05) is 17.8 Å². The van der Waals surface area contributed by atoms with Crippen LogP contribution in [0.15, 0.2) is 12.1 Å². The zero-order chi connectivity index (χ0) is 11.0. The highest BCUT2D eigenvalue weighted by Crippen LogP contribution is 2.29. The van der Waals surface area contributed by atoms with Crippen molar-refractivity contribution >= 4 is 28.9 Å². The summed E-state index contributed by atoms with van der Waals surface area (Å²) in [6.45, 7) is 0. The monoisotopic (exact) mass is 248 g/mol. The molecule has 0 aliphatic heterocycles. The largest absolute Gasteiger partial charge is 0.382 e. The molecule has 1 aromatic rings. The van der Waals surface area contributed by atoms with Gasteiger partial charge in [0.25, 0.3) is 0 Å². The third kappa shape index (κ3) is 2.36. The van der Waals surface area contributed by atoms with Gasteiger partial charge in [0.2, 0.25) is 0 Å². The standard InChI is InChI=1S/C10H11Cl2FN2/c11-8-3-7(4-9(12)10(8)13)15-6-1-5(14)2-6/h3-6,15H,1-2,14H2. The molecule has 1 aromatic carbocycles. The van der Waals surface area contributed by atoms with Crippen LogP contribution in [0.1, 0.15) is 12.8 Å². The van der Waals surface area contributed by atoms with Crippen molar-refractivity contribution in [1.82, 2.24) is 0 Å². The van der Waals surface area contributed by atoms with Crippen molar-refractivity contribution in [3.05, 3.63) is 28.0 Å². The SMILES string of the molecule is NC1CC(Nc2cc(Cl)c(F)c(Cl)c2)C1. The number of anilines is 1. The van der Waals surface area contributed by atoms with Gasteiger partial charge in [-0.25, -0.2) is 4.39 Å². The first kappa shape index (κ1) is 11.0. The van der Waals surface area contributed by atoms with Crippen molar-refractivity contribution in [3.8, 4) is 0 Å². The molecule has 0 atom stereocenters. The smallest absolute Gasteiger partial charge is 0.160 e. The third-order valence-corrected chi connectivity index (χ3v) is 3.08. The number of halogens is 3. The molecule has 1 fully saturated rings. The lowest BCUT2D eigenvalue weighted by Crippen LogP contribution is -2.44. The molecule has 0 amide bonds. The van der Waals surface area contributed by atoms with E-state index in [-0.39, 0.29) is 16.1 Å². The summed E-state index contributed by atoms with van der Waals surface area (Å²) in [5.74, 6) is -0.575. The number of nitrogens with one attached hydrogen (secondary N) is 1. The molecule has 0 radical (unpaired) electrons. The lowest BCUT2D eigenvalue weighted by atomic mass is 9.87. The topological polar surface area (TPSA) is 38.0 Å². The van der Waals surface area contributed by atoms with Crippen LogP contribution < -0.4 is 11.1 Å². The Morgan fingerprint density at radius 2 is 1.80 bits per heavy atom. The van der Waals surface area contributed by atoms with Crippen LogP contribution >= 0.6 is 23.2 Å². The Balaban J connectivity index is 2.09. The minimum absolute atomic E-state index is 0.0358. The van der Waals surface area contributed by atoms with Gasteiger partial charge in [-0.1, -0.05) is 23.2 Å². The second-order valence-corrected chi connectivity index (χ2v) is 4.64. The Hall–Kier alpha value is -0.510. The molecule has 1 aliphatic rings. The van der Waals surface area contributed by atoms with E-state index in [0.29, 0.717) is 6.04 Å². The molecule has 5 heteroatoms. The molecule has 0 bridgehead atoms. The molecule has 0 aromatic heterocycles. The van der Waals surface area contributed by atoms with Gasteiger partial charge in [0.05, 0.1) is 10.0 Å². The maximum atomic E-state index is 13.1. The van der Waals surface area contributed by atoms with Gasteiger partial charge in [-0.2, -0.15) is 0 Å². The minimum Gasteiger partial charge on any atom is -0.382 e. The number of rotatable bonds is 2. The lowest BCUT2D eigenvalue weighted by Gasteiger charge is -2.33. The second-order valence-electron chi connectivity index (χ2n) is 3.83. The summed E-state index contributed by atoms with van der Waals surface area (Å²) in [7, 11) is 0. The number of nitrogens with two attached hydrogens (primary N) is 1. The van der Waals surface area contributed by atoms with Crippen molar-refractivity contribution < 1.29 is 4.39 Å². The van der Waals surface area contributed by atoms with E-state index in [1.807, 2.05) is 0 Å².